The van der Waals surface area contributed by atoms with E-state index in [0.29, 0.717) is 5.92 Å². The Hall–Kier alpha value is -1.28. The third kappa shape index (κ3) is 2.78. The van der Waals surface area contributed by atoms with E-state index < -0.39 is 0 Å². The Kier molecular flexibility index (Phi) is 4.62. The Balaban J connectivity index is 1.56. The van der Waals surface area contributed by atoms with Gasteiger partial charge in [0, 0.05) is 19.8 Å². The number of nitrogens with zero attached hydrogens (tertiary/aromatic N) is 1. The molecule has 0 saturated heterocycles. The maximum atomic E-state index is 11.0. The Morgan fingerprint density at radius 2 is 1.79 bits per heavy atom. The van der Waals surface area contributed by atoms with Crippen LogP contribution < -0.4 is 4.90 Å². The van der Waals surface area contributed by atoms with Gasteiger partial charge in [0.1, 0.15) is 0 Å². The maximum Gasteiger partial charge on any atom is 0.0596 e. The monoisotopic (exact) mass is 379 g/mol. The Labute approximate surface area is 171 Å². The second kappa shape index (κ2) is 6.90. The first-order valence-electron chi connectivity index (χ1n) is 11.6. The molecule has 0 radical (unpaired) electrons. The molecule has 2 nitrogen and oxygen atoms in total. The molecule has 3 saturated carbocycles. The summed E-state index contributed by atoms with van der Waals surface area (Å²) in [6.45, 7) is 2.42. The lowest BCUT2D eigenvalue weighted by atomic mass is 9.48. The van der Waals surface area contributed by atoms with Gasteiger partial charge in [0.15, 0.2) is 0 Å². The van der Waals surface area contributed by atoms with Crippen LogP contribution in [0, 0.1) is 29.1 Å². The van der Waals surface area contributed by atoms with Crippen molar-refractivity contribution in [2.75, 3.05) is 19.0 Å². The van der Waals surface area contributed by atoms with Gasteiger partial charge >= 0.3 is 0 Å². The van der Waals surface area contributed by atoms with Crippen molar-refractivity contribution in [1.82, 2.24) is 0 Å². The third-order valence-electron chi connectivity index (χ3n) is 9.17. The molecule has 152 valence electrons. The summed E-state index contributed by atoms with van der Waals surface area (Å²) < 4.78 is 0. The largest absolute Gasteiger partial charge is 0.393 e. The molecule has 0 spiro atoms. The number of aliphatic hydroxyl groups excluding tert-OH is 1. The van der Waals surface area contributed by atoms with Crippen LogP contribution in [0.25, 0.3) is 0 Å². The summed E-state index contributed by atoms with van der Waals surface area (Å²) in [5.41, 5.74) is 4.70. The van der Waals surface area contributed by atoms with E-state index in [0.717, 1.165) is 30.1 Å². The standard InChI is InChI=1S/C26H37NO/c1-26-16-22(18-8-11-19(12-9-18)27(2)3)25-20-7-5-4-6-17(20)10-13-21(25)23(26)14-15-24(26)28/h6,8-9,11-12,20-25,28H,4-5,7,10,13-16H2,1-3H3. The highest BCUT2D eigenvalue weighted by atomic mass is 16.3. The first-order chi connectivity index (χ1) is 13.5. The SMILES string of the molecule is CN(C)c1ccc(C2CC3(C)C(O)CCC3C3CCC4=CCCCC4C23)cc1. The van der Waals surface area contributed by atoms with E-state index >= 15 is 0 Å². The zero-order chi connectivity index (χ0) is 19.5. The molecule has 7 unspecified atom stereocenters. The number of aliphatic hydroxyl groups is 1. The maximum absolute atomic E-state index is 11.0. The fraction of sp³-hybridized carbons (Fsp3) is 0.692. The lowest BCUT2D eigenvalue weighted by molar-refractivity contribution is -0.0659. The van der Waals surface area contributed by atoms with Crippen LogP contribution in [0.3, 0.4) is 0 Å². The Bertz CT molecular complexity index is 750. The molecule has 0 aromatic heterocycles. The fourth-order valence-corrected chi connectivity index (χ4v) is 7.77. The summed E-state index contributed by atoms with van der Waals surface area (Å²) in [6.07, 6.45) is 12.7. The molecule has 3 fully saturated rings. The molecule has 2 heteroatoms. The second-order valence-electron chi connectivity index (χ2n) is 10.6. The lowest BCUT2D eigenvalue weighted by Crippen LogP contribution is -2.50. The Morgan fingerprint density at radius 1 is 1.00 bits per heavy atom. The number of allylic oxidation sites excluding steroid dienone is 2. The van der Waals surface area contributed by atoms with Gasteiger partial charge in [-0.15, -0.1) is 0 Å². The van der Waals surface area contributed by atoms with Crippen LogP contribution in [-0.2, 0) is 0 Å². The molecule has 28 heavy (non-hydrogen) atoms. The predicted molar refractivity (Wildman–Crippen MR) is 117 cm³/mol. The molecule has 4 aliphatic rings. The van der Waals surface area contributed by atoms with Crippen molar-refractivity contribution in [3.8, 4) is 0 Å². The molecule has 1 aromatic rings. The number of anilines is 1. The van der Waals surface area contributed by atoms with Crippen LogP contribution >= 0.6 is 0 Å². The Morgan fingerprint density at radius 3 is 2.54 bits per heavy atom. The van der Waals surface area contributed by atoms with Gasteiger partial charge in [-0.1, -0.05) is 30.7 Å². The molecule has 0 amide bonds. The lowest BCUT2D eigenvalue weighted by Gasteiger charge is -2.57. The van der Waals surface area contributed by atoms with E-state index in [9.17, 15) is 5.11 Å². The number of rotatable bonds is 2. The topological polar surface area (TPSA) is 23.5 Å². The number of hydrogen-bond acceptors (Lipinski definition) is 2. The van der Waals surface area contributed by atoms with Crippen LogP contribution in [0.5, 0.6) is 0 Å². The molecule has 7 atom stereocenters. The zero-order valence-corrected chi connectivity index (χ0v) is 17.9. The van der Waals surface area contributed by atoms with E-state index in [1.54, 1.807) is 5.57 Å². The smallest absolute Gasteiger partial charge is 0.0596 e. The van der Waals surface area contributed by atoms with E-state index in [2.05, 4.69) is 56.3 Å². The highest BCUT2D eigenvalue weighted by molar-refractivity contribution is 5.47. The van der Waals surface area contributed by atoms with Gasteiger partial charge in [0.2, 0.25) is 0 Å². The number of benzene rings is 1. The van der Waals surface area contributed by atoms with Gasteiger partial charge in [-0.3, -0.25) is 0 Å². The van der Waals surface area contributed by atoms with Gasteiger partial charge in [-0.2, -0.15) is 0 Å². The summed E-state index contributed by atoms with van der Waals surface area (Å²) in [4.78, 5) is 2.19. The summed E-state index contributed by atoms with van der Waals surface area (Å²) in [7, 11) is 4.23. The fourth-order valence-electron chi connectivity index (χ4n) is 7.77. The summed E-state index contributed by atoms with van der Waals surface area (Å²) in [6, 6.07) is 9.38. The molecular weight excluding hydrogens is 342 g/mol. The molecule has 1 N–H and O–H groups in total. The van der Waals surface area contributed by atoms with Crippen molar-refractivity contribution >= 4 is 5.69 Å². The van der Waals surface area contributed by atoms with Crippen molar-refractivity contribution in [3.63, 3.8) is 0 Å². The van der Waals surface area contributed by atoms with Crippen LogP contribution in [0.4, 0.5) is 5.69 Å². The molecule has 5 rings (SSSR count). The molecule has 0 heterocycles. The third-order valence-corrected chi connectivity index (χ3v) is 9.17. The van der Waals surface area contributed by atoms with Crippen molar-refractivity contribution in [1.29, 1.82) is 0 Å². The van der Waals surface area contributed by atoms with Gasteiger partial charge < -0.3 is 10.0 Å². The second-order valence-corrected chi connectivity index (χ2v) is 10.6. The molecule has 4 aliphatic carbocycles. The van der Waals surface area contributed by atoms with E-state index in [-0.39, 0.29) is 11.5 Å². The minimum atomic E-state index is -0.106. The average molecular weight is 380 g/mol. The first-order valence-corrected chi connectivity index (χ1v) is 11.6. The van der Waals surface area contributed by atoms with Crippen molar-refractivity contribution in [2.45, 2.75) is 70.3 Å². The highest BCUT2D eigenvalue weighted by Gasteiger charge is 2.59. The summed E-state index contributed by atoms with van der Waals surface area (Å²) >= 11 is 0. The van der Waals surface area contributed by atoms with Crippen molar-refractivity contribution in [3.05, 3.63) is 41.5 Å². The van der Waals surface area contributed by atoms with Crippen molar-refractivity contribution < 1.29 is 5.11 Å². The van der Waals surface area contributed by atoms with Gasteiger partial charge in [0.25, 0.3) is 0 Å². The van der Waals surface area contributed by atoms with Gasteiger partial charge in [-0.05, 0) is 104 Å². The normalized spacial score (nSPS) is 42.2. The molecule has 1 aromatic carbocycles. The van der Waals surface area contributed by atoms with Gasteiger partial charge in [0.05, 0.1) is 6.10 Å². The minimum Gasteiger partial charge on any atom is -0.393 e. The van der Waals surface area contributed by atoms with Crippen LogP contribution in [0.2, 0.25) is 0 Å². The quantitative estimate of drug-likeness (QED) is 0.659. The summed E-state index contributed by atoms with van der Waals surface area (Å²) in [5.74, 6) is 3.71. The van der Waals surface area contributed by atoms with E-state index in [4.69, 9.17) is 0 Å². The van der Waals surface area contributed by atoms with E-state index in [1.807, 2.05) is 0 Å². The van der Waals surface area contributed by atoms with Crippen LogP contribution in [0.15, 0.2) is 35.9 Å². The minimum absolute atomic E-state index is 0.106. The van der Waals surface area contributed by atoms with Crippen molar-refractivity contribution in [2.24, 2.45) is 29.1 Å². The van der Waals surface area contributed by atoms with Gasteiger partial charge in [-0.25, -0.2) is 0 Å². The molecule has 0 bridgehead atoms. The van der Waals surface area contributed by atoms with E-state index in [1.165, 1.54) is 56.2 Å². The number of hydrogen-bond donors (Lipinski definition) is 1. The zero-order valence-electron chi connectivity index (χ0n) is 17.9. The van der Waals surface area contributed by atoms with Crippen LogP contribution in [0.1, 0.15) is 69.8 Å². The molecule has 0 aliphatic heterocycles. The average Bonchev–Trinajstić information content (AvgIpc) is 3.01. The summed E-state index contributed by atoms with van der Waals surface area (Å²) in [5, 5.41) is 11.0. The first kappa shape index (κ1) is 18.7. The predicted octanol–water partition coefficient (Wildman–Crippen LogP) is 5.77. The number of fused-ring (bicyclic) bond motifs is 5. The van der Waals surface area contributed by atoms with Crippen LogP contribution in [-0.4, -0.2) is 25.3 Å². The highest BCUT2D eigenvalue weighted by Crippen LogP contribution is 2.65. The molecular formula is C26H37NO.